The van der Waals surface area contributed by atoms with E-state index < -0.39 is 23.4 Å². The van der Waals surface area contributed by atoms with Crippen molar-refractivity contribution in [1.82, 2.24) is 4.98 Å². The molecule has 2 heterocycles. The minimum atomic E-state index is -1.59. The van der Waals surface area contributed by atoms with Gasteiger partial charge in [-0.1, -0.05) is 12.1 Å². The fraction of sp³-hybridized carbons (Fsp3) is 0.300. The lowest BCUT2D eigenvalue weighted by atomic mass is 10.0. The number of halogens is 3. The lowest BCUT2D eigenvalue weighted by Gasteiger charge is -2.30. The van der Waals surface area contributed by atoms with E-state index in [1.807, 2.05) is 24.3 Å². The highest BCUT2D eigenvalue weighted by Gasteiger charge is 2.32. The molecule has 0 saturated carbocycles. The molecule has 1 saturated heterocycles. The van der Waals surface area contributed by atoms with Crippen molar-refractivity contribution in [1.29, 1.82) is 0 Å². The minimum Gasteiger partial charge on any atom is -0.319 e. The molecule has 1 fully saturated rings. The number of piperidine rings is 1. The van der Waals surface area contributed by atoms with Gasteiger partial charge in [-0.2, -0.15) is 0 Å². The molecule has 1 amide bonds. The highest BCUT2D eigenvalue weighted by Crippen LogP contribution is 2.28. The van der Waals surface area contributed by atoms with Crippen molar-refractivity contribution >= 4 is 33.1 Å². The molecule has 3 aromatic rings. The number of nitrogens with one attached hydrogen (secondary N) is 2. The SMILES string of the molecule is O=C(C[NH+]1CCCC[C@@H]1c1nc2ccccc2s1)Nc1ccc(F)c(F)c1F. The van der Waals surface area contributed by atoms with Gasteiger partial charge in [0.15, 0.2) is 29.0 Å². The zero-order valence-electron chi connectivity index (χ0n) is 15.0. The van der Waals surface area contributed by atoms with Crippen LogP contribution >= 0.6 is 11.3 Å². The number of carbonyl (C=O) groups excluding carboxylic acids is 1. The van der Waals surface area contributed by atoms with E-state index in [0.717, 1.165) is 58.1 Å². The highest BCUT2D eigenvalue weighted by atomic mass is 32.1. The van der Waals surface area contributed by atoms with Crippen LogP contribution in [0, 0.1) is 17.5 Å². The Bertz CT molecular complexity index is 990. The molecular weight excluding hydrogens is 387 g/mol. The summed E-state index contributed by atoms with van der Waals surface area (Å²) in [5.74, 6) is -4.69. The van der Waals surface area contributed by atoms with Gasteiger partial charge < -0.3 is 10.2 Å². The number of quaternary nitrogens is 1. The standard InChI is InChI=1S/C20H18F3N3OS/c21-12-8-9-14(19(23)18(12)22)24-17(27)11-26-10-4-3-6-15(26)20-25-13-5-1-2-7-16(13)28-20/h1-2,5,7-9,15H,3-4,6,10-11H2,(H,24,27)/p+1/t15-/m1/s1. The van der Waals surface area contributed by atoms with Gasteiger partial charge >= 0.3 is 0 Å². The second-order valence-electron chi connectivity index (χ2n) is 6.92. The van der Waals surface area contributed by atoms with Crippen LogP contribution in [-0.4, -0.2) is 24.0 Å². The number of amides is 1. The third kappa shape index (κ3) is 3.74. The Hall–Kier alpha value is -2.45. The molecule has 2 atom stereocenters. The van der Waals surface area contributed by atoms with Gasteiger partial charge in [0, 0.05) is 6.42 Å². The Labute approximate surface area is 164 Å². The molecule has 1 unspecified atom stereocenters. The first-order chi connectivity index (χ1) is 13.5. The Morgan fingerprint density at radius 2 is 1.96 bits per heavy atom. The van der Waals surface area contributed by atoms with Gasteiger partial charge in [0.1, 0.15) is 6.04 Å². The van der Waals surface area contributed by atoms with Crippen molar-refractivity contribution in [2.75, 3.05) is 18.4 Å². The van der Waals surface area contributed by atoms with E-state index in [1.165, 1.54) is 0 Å². The fourth-order valence-corrected chi connectivity index (χ4v) is 4.81. The second-order valence-corrected chi connectivity index (χ2v) is 7.99. The van der Waals surface area contributed by atoms with Gasteiger partial charge in [-0.25, -0.2) is 18.2 Å². The maximum Gasteiger partial charge on any atom is 0.279 e. The van der Waals surface area contributed by atoms with E-state index in [4.69, 9.17) is 4.98 Å². The summed E-state index contributed by atoms with van der Waals surface area (Å²) in [7, 11) is 0. The maximum atomic E-state index is 13.8. The number of hydrogen-bond acceptors (Lipinski definition) is 3. The normalized spacial score (nSPS) is 19.7. The maximum absolute atomic E-state index is 13.8. The number of thiazole rings is 1. The molecule has 0 radical (unpaired) electrons. The first-order valence-corrected chi connectivity index (χ1v) is 9.98. The number of aromatic nitrogens is 1. The molecule has 2 N–H and O–H groups in total. The molecular formula is C20H19F3N3OS+. The largest absolute Gasteiger partial charge is 0.319 e. The average Bonchev–Trinajstić information content (AvgIpc) is 3.13. The monoisotopic (exact) mass is 406 g/mol. The summed E-state index contributed by atoms with van der Waals surface area (Å²) in [5.41, 5.74) is 0.595. The molecule has 8 heteroatoms. The van der Waals surface area contributed by atoms with Crippen molar-refractivity contribution in [3.8, 4) is 0 Å². The molecule has 146 valence electrons. The molecule has 1 aliphatic rings. The van der Waals surface area contributed by atoms with E-state index in [9.17, 15) is 18.0 Å². The Kier molecular flexibility index (Phi) is 5.32. The number of benzene rings is 2. The Morgan fingerprint density at radius 1 is 1.14 bits per heavy atom. The summed E-state index contributed by atoms with van der Waals surface area (Å²) in [6.07, 6.45) is 2.97. The number of anilines is 1. The second kappa shape index (κ2) is 7.89. The lowest BCUT2D eigenvalue weighted by molar-refractivity contribution is -0.929. The summed E-state index contributed by atoms with van der Waals surface area (Å²) in [5, 5.41) is 3.35. The van der Waals surface area contributed by atoms with Crippen LogP contribution in [0.4, 0.5) is 18.9 Å². The molecule has 2 aromatic carbocycles. The van der Waals surface area contributed by atoms with Crippen molar-refractivity contribution < 1.29 is 22.9 Å². The van der Waals surface area contributed by atoms with Crippen molar-refractivity contribution in [3.63, 3.8) is 0 Å². The first-order valence-electron chi connectivity index (χ1n) is 9.16. The predicted octanol–water partition coefficient (Wildman–Crippen LogP) is 3.46. The van der Waals surface area contributed by atoms with Crippen molar-refractivity contribution in [2.24, 2.45) is 0 Å². The van der Waals surface area contributed by atoms with Gasteiger partial charge in [-0.3, -0.25) is 4.79 Å². The summed E-state index contributed by atoms with van der Waals surface area (Å²) in [6.45, 7) is 0.910. The smallest absolute Gasteiger partial charge is 0.279 e. The van der Waals surface area contributed by atoms with Crippen LogP contribution in [0.5, 0.6) is 0 Å². The van der Waals surface area contributed by atoms with Crippen LogP contribution in [0.25, 0.3) is 10.2 Å². The van der Waals surface area contributed by atoms with Crippen molar-refractivity contribution in [2.45, 2.75) is 25.3 Å². The molecule has 0 aliphatic carbocycles. The number of carbonyl (C=O) groups is 1. The van der Waals surface area contributed by atoms with Crippen LogP contribution in [0.3, 0.4) is 0 Å². The van der Waals surface area contributed by atoms with Gasteiger partial charge in [-0.15, -0.1) is 11.3 Å². The van der Waals surface area contributed by atoms with Crippen LogP contribution < -0.4 is 10.2 Å². The molecule has 4 rings (SSSR count). The molecule has 0 bridgehead atoms. The van der Waals surface area contributed by atoms with Crippen LogP contribution in [-0.2, 0) is 4.79 Å². The van der Waals surface area contributed by atoms with Gasteiger partial charge in [0.2, 0.25) is 0 Å². The number of fused-ring (bicyclic) bond motifs is 1. The van der Waals surface area contributed by atoms with E-state index >= 15 is 0 Å². The lowest BCUT2D eigenvalue weighted by Crippen LogP contribution is -3.14. The predicted molar refractivity (Wildman–Crippen MR) is 102 cm³/mol. The first kappa shape index (κ1) is 18.9. The number of nitrogens with zero attached hydrogens (tertiary/aromatic N) is 1. The molecule has 4 nitrogen and oxygen atoms in total. The van der Waals surface area contributed by atoms with Gasteiger partial charge in [0.25, 0.3) is 5.91 Å². The topological polar surface area (TPSA) is 46.4 Å². The van der Waals surface area contributed by atoms with Crippen LogP contribution in [0.2, 0.25) is 0 Å². The van der Waals surface area contributed by atoms with E-state index in [1.54, 1.807) is 11.3 Å². The number of likely N-dealkylation sites (tertiary alicyclic amines) is 1. The zero-order valence-corrected chi connectivity index (χ0v) is 15.8. The highest BCUT2D eigenvalue weighted by molar-refractivity contribution is 7.18. The number of hydrogen-bond donors (Lipinski definition) is 2. The zero-order chi connectivity index (χ0) is 19.7. The van der Waals surface area contributed by atoms with Crippen molar-refractivity contribution in [3.05, 3.63) is 58.9 Å². The molecule has 28 heavy (non-hydrogen) atoms. The number of rotatable bonds is 4. The van der Waals surface area contributed by atoms with Crippen LogP contribution in [0.15, 0.2) is 36.4 Å². The molecule has 1 aromatic heterocycles. The third-order valence-electron chi connectivity index (χ3n) is 5.04. The summed E-state index contributed by atoms with van der Waals surface area (Å²) >= 11 is 1.63. The van der Waals surface area contributed by atoms with E-state index in [0.29, 0.717) is 0 Å². The Morgan fingerprint density at radius 3 is 2.79 bits per heavy atom. The summed E-state index contributed by atoms with van der Waals surface area (Å²) in [4.78, 5) is 18.2. The molecule has 0 spiro atoms. The van der Waals surface area contributed by atoms with E-state index in [2.05, 4.69) is 5.32 Å². The minimum absolute atomic E-state index is 0.0895. The van der Waals surface area contributed by atoms with Gasteiger partial charge in [-0.05, 0) is 37.1 Å². The molecule has 1 aliphatic heterocycles. The third-order valence-corrected chi connectivity index (χ3v) is 6.19. The fourth-order valence-electron chi connectivity index (χ4n) is 3.65. The summed E-state index contributed by atoms with van der Waals surface area (Å²) < 4.78 is 41.4. The Balaban J connectivity index is 1.50. The van der Waals surface area contributed by atoms with Gasteiger partial charge in [0.05, 0.1) is 22.4 Å². The van der Waals surface area contributed by atoms with Crippen LogP contribution in [0.1, 0.15) is 30.3 Å². The van der Waals surface area contributed by atoms with E-state index in [-0.39, 0.29) is 18.3 Å². The number of para-hydroxylation sites is 1. The quantitative estimate of drug-likeness (QED) is 0.652. The average molecular weight is 406 g/mol. The summed E-state index contributed by atoms with van der Waals surface area (Å²) in [6, 6.07) is 9.83.